The maximum Gasteiger partial charge on any atom is 0.338 e. The first-order valence-corrected chi connectivity index (χ1v) is 14.9. The van der Waals surface area contributed by atoms with Gasteiger partial charge in [-0.1, -0.05) is 45.0 Å². The van der Waals surface area contributed by atoms with Crippen LogP contribution in [-0.2, 0) is 32.8 Å². The summed E-state index contributed by atoms with van der Waals surface area (Å²) < 4.78 is 40.8. The maximum atomic E-state index is 13.0. The fraction of sp³-hybridized carbons (Fsp3) is 0.654. The van der Waals surface area contributed by atoms with Crippen molar-refractivity contribution in [1.82, 2.24) is 0 Å². The van der Waals surface area contributed by atoms with Crippen LogP contribution in [0.3, 0.4) is 0 Å². The first kappa shape index (κ1) is 29.6. The summed E-state index contributed by atoms with van der Waals surface area (Å²) in [5, 5.41) is 0.0261. The minimum Gasteiger partial charge on any atom is -0.455 e. The average Bonchev–Trinajstić information content (AvgIpc) is 3.28. The van der Waals surface area contributed by atoms with Crippen LogP contribution >= 0.6 is 0 Å². The number of esters is 1. The molecule has 0 aliphatic carbocycles. The first-order valence-electron chi connectivity index (χ1n) is 12.0. The number of ether oxygens (including phenoxy) is 6. The number of rotatable bonds is 15. The molecule has 1 heterocycles. The van der Waals surface area contributed by atoms with Gasteiger partial charge in [-0.2, -0.15) is 0 Å². The number of carbonyl (C=O) groups is 1. The minimum atomic E-state index is -2.08. The van der Waals surface area contributed by atoms with E-state index >= 15 is 0 Å². The normalized spacial score (nSPS) is 17.7. The van der Waals surface area contributed by atoms with Crippen molar-refractivity contribution >= 4 is 14.3 Å². The van der Waals surface area contributed by atoms with E-state index in [1.165, 1.54) is 0 Å². The number of carbonyl (C=O) groups excluding carboxylic acids is 1. The molecule has 1 fully saturated rings. The van der Waals surface area contributed by atoms with Gasteiger partial charge >= 0.3 is 5.97 Å². The van der Waals surface area contributed by atoms with E-state index in [0.717, 1.165) is 0 Å². The third-order valence-electron chi connectivity index (χ3n) is 6.43. The molecule has 0 saturated carbocycles. The molecule has 2 atom stereocenters. The van der Waals surface area contributed by atoms with E-state index in [-0.39, 0.29) is 24.9 Å². The SMILES string of the molecule is C=CC(OCOCCOC)C(CC1(CO[Si](C)(C)C(C)(C)C)OCCO1)OC(=O)c1ccccc1. The number of methoxy groups -OCH3 is 1. The zero-order valence-corrected chi connectivity index (χ0v) is 23.0. The lowest BCUT2D eigenvalue weighted by Gasteiger charge is -2.40. The summed E-state index contributed by atoms with van der Waals surface area (Å²) in [6.07, 6.45) is 0.421. The highest BCUT2D eigenvalue weighted by Crippen LogP contribution is 2.38. The standard InChI is InChI=1S/C26H42O8Si/c1-8-22(30-20-29-15-14-28-5)23(34-24(27)21-12-10-9-11-13-21)18-26(31-16-17-32-26)19-33-35(6,7)25(2,3)4/h8-13,22-23H,1,14-20H2,2-7H3. The Labute approximate surface area is 210 Å². The molecule has 0 bridgehead atoms. The monoisotopic (exact) mass is 510 g/mol. The van der Waals surface area contributed by atoms with E-state index in [1.807, 2.05) is 6.07 Å². The second kappa shape index (κ2) is 13.6. The van der Waals surface area contributed by atoms with Crippen molar-refractivity contribution in [3.8, 4) is 0 Å². The average molecular weight is 511 g/mol. The Hall–Kier alpha value is -1.59. The lowest BCUT2D eigenvalue weighted by atomic mass is 10.0. The zero-order valence-electron chi connectivity index (χ0n) is 22.0. The van der Waals surface area contributed by atoms with Crippen molar-refractivity contribution in [1.29, 1.82) is 0 Å². The molecule has 1 aliphatic rings. The Kier molecular flexibility index (Phi) is 11.6. The fourth-order valence-electron chi connectivity index (χ4n) is 3.23. The van der Waals surface area contributed by atoms with Crippen molar-refractivity contribution in [3.05, 3.63) is 48.6 Å². The van der Waals surface area contributed by atoms with E-state index in [4.69, 9.17) is 32.8 Å². The van der Waals surface area contributed by atoms with Gasteiger partial charge in [0, 0.05) is 13.5 Å². The third kappa shape index (κ3) is 9.09. The highest BCUT2D eigenvalue weighted by atomic mass is 28.4. The highest BCUT2D eigenvalue weighted by molar-refractivity contribution is 6.74. The van der Waals surface area contributed by atoms with Gasteiger partial charge in [-0.3, -0.25) is 0 Å². The lowest BCUT2D eigenvalue weighted by molar-refractivity contribution is -0.208. The molecule has 35 heavy (non-hydrogen) atoms. The van der Waals surface area contributed by atoms with Crippen LogP contribution in [0, 0.1) is 0 Å². The van der Waals surface area contributed by atoms with Gasteiger partial charge in [-0.15, -0.1) is 6.58 Å². The van der Waals surface area contributed by atoms with Crippen LogP contribution < -0.4 is 0 Å². The van der Waals surface area contributed by atoms with Crippen LogP contribution in [0.5, 0.6) is 0 Å². The van der Waals surface area contributed by atoms with Crippen molar-refractivity contribution in [2.75, 3.05) is 46.9 Å². The van der Waals surface area contributed by atoms with Crippen LogP contribution in [-0.4, -0.2) is 79.2 Å². The van der Waals surface area contributed by atoms with Crippen molar-refractivity contribution in [2.45, 2.75) is 63.3 Å². The molecule has 1 saturated heterocycles. The van der Waals surface area contributed by atoms with Gasteiger partial charge in [0.15, 0.2) is 14.1 Å². The molecule has 198 valence electrons. The summed E-state index contributed by atoms with van der Waals surface area (Å²) in [5.74, 6) is -1.52. The molecule has 0 N–H and O–H groups in total. The summed E-state index contributed by atoms with van der Waals surface area (Å²) in [6, 6.07) is 8.82. The van der Waals surface area contributed by atoms with E-state index in [1.54, 1.807) is 37.5 Å². The molecule has 2 unspecified atom stereocenters. The zero-order chi connectivity index (χ0) is 26.0. The topological polar surface area (TPSA) is 81.7 Å². The van der Waals surface area contributed by atoms with Crippen LogP contribution in [0.4, 0.5) is 0 Å². The van der Waals surface area contributed by atoms with Crippen LogP contribution in [0.2, 0.25) is 18.1 Å². The van der Waals surface area contributed by atoms with Gasteiger partial charge in [-0.25, -0.2) is 4.79 Å². The summed E-state index contributed by atoms with van der Waals surface area (Å²) in [6.45, 7) is 16.7. The molecule has 0 spiro atoms. The van der Waals surface area contributed by atoms with E-state index in [0.29, 0.717) is 32.0 Å². The maximum absolute atomic E-state index is 13.0. The Balaban J connectivity index is 2.20. The molecule has 9 heteroatoms. The number of benzene rings is 1. The van der Waals surface area contributed by atoms with Gasteiger partial charge in [-0.05, 0) is 30.3 Å². The minimum absolute atomic E-state index is 0.00534. The Bertz CT molecular complexity index is 771. The van der Waals surface area contributed by atoms with E-state index < -0.39 is 32.3 Å². The van der Waals surface area contributed by atoms with Gasteiger partial charge in [0.05, 0.1) is 38.6 Å². The molecular weight excluding hydrogens is 468 g/mol. The van der Waals surface area contributed by atoms with Crippen molar-refractivity contribution in [2.24, 2.45) is 0 Å². The molecule has 0 aromatic heterocycles. The summed E-state index contributed by atoms with van der Waals surface area (Å²) in [5.41, 5.74) is 0.441. The molecule has 8 nitrogen and oxygen atoms in total. The quantitative estimate of drug-likeness (QED) is 0.112. The molecule has 0 radical (unpaired) electrons. The van der Waals surface area contributed by atoms with Gasteiger partial charge in [0.25, 0.3) is 0 Å². The number of hydrogen-bond donors (Lipinski definition) is 0. The molecule has 1 aliphatic heterocycles. The molecule has 2 rings (SSSR count). The smallest absolute Gasteiger partial charge is 0.338 e. The van der Waals surface area contributed by atoms with Gasteiger partial charge in [0.1, 0.15) is 19.0 Å². The summed E-state index contributed by atoms with van der Waals surface area (Å²) in [7, 11) is -0.476. The Morgan fingerprint density at radius 2 is 1.83 bits per heavy atom. The molecule has 0 amide bonds. The van der Waals surface area contributed by atoms with Crippen LogP contribution in [0.25, 0.3) is 0 Å². The molecule has 1 aromatic rings. The largest absolute Gasteiger partial charge is 0.455 e. The predicted molar refractivity (Wildman–Crippen MR) is 136 cm³/mol. The van der Waals surface area contributed by atoms with E-state index in [2.05, 4.69) is 40.4 Å². The second-order valence-corrected chi connectivity index (χ2v) is 14.9. The van der Waals surface area contributed by atoms with E-state index in [9.17, 15) is 4.79 Å². The highest BCUT2D eigenvalue weighted by Gasteiger charge is 2.46. The molecular formula is C26H42O8Si. The Morgan fingerprint density at radius 1 is 1.17 bits per heavy atom. The molecule has 1 aromatic carbocycles. The van der Waals surface area contributed by atoms with Crippen LogP contribution in [0.15, 0.2) is 43.0 Å². The second-order valence-electron chi connectivity index (χ2n) is 10.1. The third-order valence-corrected chi connectivity index (χ3v) is 10.9. The first-order chi connectivity index (χ1) is 16.5. The lowest BCUT2D eigenvalue weighted by Crippen LogP contribution is -2.49. The van der Waals surface area contributed by atoms with Crippen LogP contribution in [0.1, 0.15) is 37.6 Å². The van der Waals surface area contributed by atoms with Gasteiger partial charge < -0.3 is 32.8 Å². The predicted octanol–water partition coefficient (Wildman–Crippen LogP) is 4.56. The number of hydrogen-bond acceptors (Lipinski definition) is 8. The van der Waals surface area contributed by atoms with Gasteiger partial charge in [0.2, 0.25) is 0 Å². The van der Waals surface area contributed by atoms with Crippen molar-refractivity contribution < 1.29 is 37.6 Å². The van der Waals surface area contributed by atoms with Crippen molar-refractivity contribution in [3.63, 3.8) is 0 Å². The summed E-state index contributed by atoms with van der Waals surface area (Å²) >= 11 is 0. The fourth-order valence-corrected chi connectivity index (χ4v) is 4.24. The summed E-state index contributed by atoms with van der Waals surface area (Å²) in [4.78, 5) is 13.0. The Morgan fingerprint density at radius 3 is 2.40 bits per heavy atom.